The molecule has 5 nitrogen and oxygen atoms in total. The molecule has 0 amide bonds. The average molecular weight is 588 g/mol. The maximum Gasteiger partial charge on any atom is 0.297 e. The van der Waals surface area contributed by atoms with E-state index in [9.17, 15) is 4.79 Å². The first kappa shape index (κ1) is 34.0. The van der Waals surface area contributed by atoms with Crippen molar-refractivity contribution in [1.82, 2.24) is 4.57 Å². The molecule has 0 spiro atoms. The number of aryl methyl sites for hydroxylation is 1. The van der Waals surface area contributed by atoms with Crippen molar-refractivity contribution in [2.24, 2.45) is 0 Å². The van der Waals surface area contributed by atoms with E-state index in [0.717, 1.165) is 60.7 Å². The zero-order valence-corrected chi connectivity index (χ0v) is 27.3. The Morgan fingerprint density at radius 1 is 0.791 bits per heavy atom. The summed E-state index contributed by atoms with van der Waals surface area (Å²) in [6, 6.07) is 16.1. The van der Waals surface area contributed by atoms with Crippen LogP contribution < -0.4 is 19.8 Å². The number of hydrogen-bond donors (Lipinski definition) is 0. The lowest BCUT2D eigenvalue weighted by atomic mass is 10.1. The molecule has 1 heterocycles. The molecule has 0 saturated heterocycles. The Morgan fingerprint density at radius 2 is 1.53 bits per heavy atom. The lowest BCUT2D eigenvalue weighted by molar-refractivity contribution is 0.277. The molecular weight excluding hydrogens is 534 g/mol. The van der Waals surface area contributed by atoms with E-state index in [4.69, 9.17) is 14.2 Å². The van der Waals surface area contributed by atoms with Crippen molar-refractivity contribution in [3.05, 3.63) is 87.7 Å². The molecule has 3 rings (SSSR count). The van der Waals surface area contributed by atoms with Crippen LogP contribution in [0.15, 0.2) is 76.6 Å². The molecule has 0 fully saturated rings. The fraction of sp³-hybridized carbons (Fsp3) is 0.500. The number of allylic oxidation sites excluding steroid dienone is 3. The van der Waals surface area contributed by atoms with Crippen molar-refractivity contribution in [3.63, 3.8) is 0 Å². The molecule has 0 atom stereocenters. The molecular formula is C38H53NO4. The third kappa shape index (κ3) is 11.3. The molecule has 2 aromatic carbocycles. The number of fused-ring (bicyclic) bond motifs is 1. The number of aromatic nitrogens is 1. The van der Waals surface area contributed by atoms with E-state index in [1.165, 1.54) is 36.8 Å². The Labute approximate surface area is 259 Å². The van der Waals surface area contributed by atoms with Crippen LogP contribution >= 0.6 is 0 Å². The minimum absolute atomic E-state index is 0.136. The third-order valence-electron chi connectivity index (χ3n) is 7.63. The van der Waals surface area contributed by atoms with Gasteiger partial charge in [-0.25, -0.2) is 0 Å². The van der Waals surface area contributed by atoms with Crippen molar-refractivity contribution in [1.29, 1.82) is 0 Å². The molecule has 0 radical (unpaired) electrons. The topological polar surface area (TPSA) is 49.7 Å². The minimum Gasteiger partial charge on any atom is -0.489 e. The van der Waals surface area contributed by atoms with Gasteiger partial charge in [-0.05, 0) is 70.2 Å². The van der Waals surface area contributed by atoms with Crippen LogP contribution in [0.5, 0.6) is 17.2 Å². The standard InChI is InChI=1S/C38H53NO4/c1-6-8-10-11-12-16-25-39-35-28-33(43-29-32-20-14-13-15-21-32)22-23-34(35)36(41-26-9-7-2)37(38(39)40)42-27-24-31(5)19-17-18-30(3)4/h13-15,18,20-24,28H,6-12,16-17,19,25-27,29H2,1-5H3/b31-24+. The van der Waals surface area contributed by atoms with E-state index in [-0.39, 0.29) is 5.56 Å². The van der Waals surface area contributed by atoms with Gasteiger partial charge in [-0.3, -0.25) is 4.79 Å². The fourth-order valence-electron chi connectivity index (χ4n) is 5.03. The van der Waals surface area contributed by atoms with Crippen molar-refractivity contribution in [3.8, 4) is 17.2 Å². The Morgan fingerprint density at radius 3 is 2.28 bits per heavy atom. The van der Waals surface area contributed by atoms with Crippen molar-refractivity contribution in [2.45, 2.75) is 112 Å². The summed E-state index contributed by atoms with van der Waals surface area (Å²) >= 11 is 0. The quantitative estimate of drug-likeness (QED) is 0.0975. The van der Waals surface area contributed by atoms with E-state index in [2.05, 4.69) is 58.9 Å². The molecule has 5 heteroatoms. The van der Waals surface area contributed by atoms with Crippen LogP contribution in [0.1, 0.15) is 104 Å². The van der Waals surface area contributed by atoms with Crippen molar-refractivity contribution in [2.75, 3.05) is 13.2 Å². The Balaban J connectivity index is 1.96. The second-order valence-corrected chi connectivity index (χ2v) is 11.7. The first-order chi connectivity index (χ1) is 20.9. The number of ether oxygens (including phenoxy) is 3. The van der Waals surface area contributed by atoms with Gasteiger partial charge in [0.1, 0.15) is 19.0 Å². The van der Waals surface area contributed by atoms with Crippen molar-refractivity contribution < 1.29 is 14.2 Å². The predicted molar refractivity (Wildman–Crippen MR) is 181 cm³/mol. The molecule has 0 bridgehead atoms. The van der Waals surface area contributed by atoms with Gasteiger partial charge in [0.2, 0.25) is 5.75 Å². The second-order valence-electron chi connectivity index (χ2n) is 11.7. The Hall–Kier alpha value is -3.47. The second kappa shape index (κ2) is 18.9. The summed E-state index contributed by atoms with van der Waals surface area (Å²) in [4.78, 5) is 14.1. The Kier molecular flexibility index (Phi) is 15.0. The van der Waals surface area contributed by atoms with Crippen LogP contribution in [0.3, 0.4) is 0 Å². The molecule has 0 unspecified atom stereocenters. The lowest BCUT2D eigenvalue weighted by Crippen LogP contribution is -2.24. The van der Waals surface area contributed by atoms with Gasteiger partial charge in [0.05, 0.1) is 12.1 Å². The molecule has 0 saturated carbocycles. The highest BCUT2D eigenvalue weighted by atomic mass is 16.5. The molecule has 0 N–H and O–H groups in total. The first-order valence-electron chi connectivity index (χ1n) is 16.4. The fourth-order valence-corrected chi connectivity index (χ4v) is 5.03. The van der Waals surface area contributed by atoms with E-state index in [0.29, 0.717) is 37.9 Å². The molecule has 43 heavy (non-hydrogen) atoms. The van der Waals surface area contributed by atoms with Gasteiger partial charge in [-0.15, -0.1) is 0 Å². The molecule has 234 valence electrons. The normalized spacial score (nSPS) is 11.5. The monoisotopic (exact) mass is 587 g/mol. The van der Waals surface area contributed by atoms with Crippen LogP contribution in [0, 0.1) is 0 Å². The van der Waals surface area contributed by atoms with Gasteiger partial charge in [-0.1, -0.05) is 99.9 Å². The van der Waals surface area contributed by atoms with Gasteiger partial charge in [0, 0.05) is 18.0 Å². The SMILES string of the molecule is CCCCCCCCn1c(=O)c(OC/C=C(\C)CCC=C(C)C)c(OCCCC)c2ccc(OCc3ccccc3)cc21. The Bertz CT molecular complexity index is 1370. The maximum atomic E-state index is 14.1. The highest BCUT2D eigenvalue weighted by Crippen LogP contribution is 2.35. The zero-order valence-electron chi connectivity index (χ0n) is 27.3. The summed E-state index contributed by atoms with van der Waals surface area (Å²) < 4.78 is 20.6. The highest BCUT2D eigenvalue weighted by molar-refractivity contribution is 5.89. The van der Waals surface area contributed by atoms with Crippen LogP contribution in [0.4, 0.5) is 0 Å². The summed E-state index contributed by atoms with van der Waals surface area (Å²) in [7, 11) is 0. The molecule has 0 aliphatic rings. The van der Waals surface area contributed by atoms with E-state index < -0.39 is 0 Å². The zero-order chi connectivity index (χ0) is 30.9. The largest absolute Gasteiger partial charge is 0.489 e. The maximum absolute atomic E-state index is 14.1. The third-order valence-corrected chi connectivity index (χ3v) is 7.63. The first-order valence-corrected chi connectivity index (χ1v) is 16.4. The van der Waals surface area contributed by atoms with Gasteiger partial charge >= 0.3 is 0 Å². The average Bonchev–Trinajstić information content (AvgIpc) is 3.00. The number of rotatable bonds is 20. The van der Waals surface area contributed by atoms with Gasteiger partial charge in [-0.2, -0.15) is 0 Å². The summed E-state index contributed by atoms with van der Waals surface area (Å²) in [5, 5.41) is 0.882. The summed E-state index contributed by atoms with van der Waals surface area (Å²) in [5.41, 5.74) is 4.37. The van der Waals surface area contributed by atoms with Crippen LogP contribution in [-0.4, -0.2) is 17.8 Å². The van der Waals surface area contributed by atoms with E-state index >= 15 is 0 Å². The summed E-state index contributed by atoms with van der Waals surface area (Å²) in [6.07, 6.45) is 15.2. The van der Waals surface area contributed by atoms with Crippen LogP contribution in [0.2, 0.25) is 0 Å². The van der Waals surface area contributed by atoms with Gasteiger partial charge in [0.15, 0.2) is 5.75 Å². The smallest absolute Gasteiger partial charge is 0.297 e. The molecule has 1 aromatic heterocycles. The summed E-state index contributed by atoms with van der Waals surface area (Å²) in [5.74, 6) is 1.58. The van der Waals surface area contributed by atoms with Crippen LogP contribution in [-0.2, 0) is 13.2 Å². The lowest BCUT2D eigenvalue weighted by Gasteiger charge is -2.19. The number of unbranched alkanes of at least 4 members (excludes halogenated alkanes) is 6. The van der Waals surface area contributed by atoms with Gasteiger partial charge < -0.3 is 18.8 Å². The highest BCUT2D eigenvalue weighted by Gasteiger charge is 2.20. The number of nitrogens with zero attached hydrogens (tertiary/aromatic N) is 1. The van der Waals surface area contributed by atoms with E-state index in [1.807, 2.05) is 41.0 Å². The van der Waals surface area contributed by atoms with E-state index in [1.54, 1.807) is 0 Å². The van der Waals surface area contributed by atoms with Crippen LogP contribution in [0.25, 0.3) is 10.9 Å². The summed E-state index contributed by atoms with van der Waals surface area (Å²) in [6.45, 7) is 12.7. The minimum atomic E-state index is -0.136. The molecule has 3 aromatic rings. The van der Waals surface area contributed by atoms with Gasteiger partial charge in [0.25, 0.3) is 5.56 Å². The molecule has 0 aliphatic carbocycles. The molecule has 0 aliphatic heterocycles. The number of pyridine rings is 1. The number of hydrogen-bond acceptors (Lipinski definition) is 4. The van der Waals surface area contributed by atoms with Crippen molar-refractivity contribution >= 4 is 10.9 Å². The predicted octanol–water partition coefficient (Wildman–Crippen LogP) is 10.2. The number of benzene rings is 2.